The number of amides is 1. The lowest BCUT2D eigenvalue weighted by molar-refractivity contribution is 0.224. The topological polar surface area (TPSA) is 20.3 Å². The van der Waals surface area contributed by atoms with Crippen LogP contribution in [0.4, 0.5) is 4.79 Å². The maximum Gasteiger partial charge on any atom is 0.316 e. The summed E-state index contributed by atoms with van der Waals surface area (Å²) >= 11 is 7.30. The van der Waals surface area contributed by atoms with Gasteiger partial charge in [0, 0.05) is 13.6 Å². The average Bonchev–Trinajstić information content (AvgIpc) is 2.06. The second-order valence-corrected chi connectivity index (χ2v) is 4.69. The highest BCUT2D eigenvalue weighted by Gasteiger charge is 2.17. The van der Waals surface area contributed by atoms with Crippen LogP contribution in [0.3, 0.4) is 0 Å². The van der Waals surface area contributed by atoms with Crippen LogP contribution in [-0.4, -0.2) is 35.4 Å². The molecule has 0 aromatic carbocycles. The number of rotatable bonds is 2. The van der Waals surface area contributed by atoms with Gasteiger partial charge in [-0.15, -0.1) is 0 Å². The maximum atomic E-state index is 10.7. The fourth-order valence-corrected chi connectivity index (χ4v) is 2.62. The SMILES string of the molecule is CN(CC1CCCSC1)C(=O)Cl. The smallest absolute Gasteiger partial charge is 0.316 e. The molecule has 0 spiro atoms. The van der Waals surface area contributed by atoms with Crippen molar-refractivity contribution in [1.82, 2.24) is 4.90 Å². The standard InChI is InChI=1S/C8H14ClNOS/c1-10(8(9)11)5-7-3-2-4-12-6-7/h7H,2-6H2,1H3. The van der Waals surface area contributed by atoms with Gasteiger partial charge < -0.3 is 4.90 Å². The minimum absolute atomic E-state index is 0.342. The van der Waals surface area contributed by atoms with Crippen LogP contribution in [0, 0.1) is 5.92 Å². The number of hydrogen-bond acceptors (Lipinski definition) is 2. The molecule has 2 nitrogen and oxygen atoms in total. The molecule has 0 saturated carbocycles. The highest BCUT2D eigenvalue weighted by atomic mass is 35.5. The summed E-state index contributed by atoms with van der Waals surface area (Å²) in [6.07, 6.45) is 2.52. The summed E-state index contributed by atoms with van der Waals surface area (Å²) in [6, 6.07) is 0. The van der Waals surface area contributed by atoms with Crippen LogP contribution in [0.15, 0.2) is 0 Å². The molecule has 4 heteroatoms. The number of nitrogens with zero attached hydrogens (tertiary/aromatic N) is 1. The first-order valence-corrected chi connectivity index (χ1v) is 5.71. The summed E-state index contributed by atoms with van der Waals surface area (Å²) in [4.78, 5) is 12.3. The van der Waals surface area contributed by atoms with E-state index in [9.17, 15) is 4.79 Å². The lowest BCUT2D eigenvalue weighted by Crippen LogP contribution is -2.30. The van der Waals surface area contributed by atoms with E-state index in [2.05, 4.69) is 0 Å². The van der Waals surface area contributed by atoms with Crippen LogP contribution < -0.4 is 0 Å². The van der Waals surface area contributed by atoms with Gasteiger partial charge in [0.05, 0.1) is 0 Å². The van der Waals surface area contributed by atoms with Crippen molar-refractivity contribution in [2.45, 2.75) is 12.8 Å². The first kappa shape index (κ1) is 10.2. The Bertz CT molecular complexity index is 159. The Morgan fingerprint density at radius 3 is 3.00 bits per heavy atom. The van der Waals surface area contributed by atoms with Crippen molar-refractivity contribution in [2.24, 2.45) is 5.92 Å². The average molecular weight is 208 g/mol. The Balaban J connectivity index is 2.24. The molecule has 1 unspecified atom stereocenters. The zero-order valence-corrected chi connectivity index (χ0v) is 8.83. The minimum atomic E-state index is -0.342. The van der Waals surface area contributed by atoms with Gasteiger partial charge in [-0.25, -0.2) is 0 Å². The Hall–Kier alpha value is 0.110. The summed E-state index contributed by atoms with van der Waals surface area (Å²) < 4.78 is 0. The van der Waals surface area contributed by atoms with Gasteiger partial charge in [-0.3, -0.25) is 4.79 Å². The second-order valence-electron chi connectivity index (χ2n) is 3.22. The van der Waals surface area contributed by atoms with Gasteiger partial charge in [0.25, 0.3) is 0 Å². The van der Waals surface area contributed by atoms with Crippen molar-refractivity contribution in [3.05, 3.63) is 0 Å². The van der Waals surface area contributed by atoms with E-state index >= 15 is 0 Å². The molecular weight excluding hydrogens is 194 g/mol. The Morgan fingerprint density at radius 2 is 2.50 bits per heavy atom. The van der Waals surface area contributed by atoms with Crippen molar-refractivity contribution in [3.63, 3.8) is 0 Å². The van der Waals surface area contributed by atoms with E-state index in [0.29, 0.717) is 5.92 Å². The number of thioether (sulfide) groups is 1. The van der Waals surface area contributed by atoms with E-state index in [0.717, 1.165) is 6.54 Å². The Morgan fingerprint density at radius 1 is 1.75 bits per heavy atom. The quantitative estimate of drug-likeness (QED) is 0.512. The summed E-state index contributed by atoms with van der Waals surface area (Å²) in [7, 11) is 1.76. The minimum Gasteiger partial charge on any atom is -0.332 e. The fraction of sp³-hybridized carbons (Fsp3) is 0.875. The fourth-order valence-electron chi connectivity index (χ4n) is 1.41. The molecule has 0 bridgehead atoms. The summed E-state index contributed by atoms with van der Waals surface area (Å²) in [5, 5.41) is -0.342. The molecule has 1 fully saturated rings. The van der Waals surface area contributed by atoms with Gasteiger partial charge in [-0.2, -0.15) is 11.8 Å². The highest BCUT2D eigenvalue weighted by Crippen LogP contribution is 2.23. The molecule has 1 saturated heterocycles. The molecule has 1 aliphatic heterocycles. The molecule has 1 heterocycles. The van der Waals surface area contributed by atoms with Gasteiger partial charge in [-0.1, -0.05) is 0 Å². The number of carbonyl (C=O) groups excluding carboxylic acids is 1. The van der Waals surface area contributed by atoms with Gasteiger partial charge in [-0.05, 0) is 41.9 Å². The molecule has 0 N–H and O–H groups in total. The van der Waals surface area contributed by atoms with Crippen molar-refractivity contribution in [3.8, 4) is 0 Å². The van der Waals surface area contributed by atoms with E-state index in [1.165, 1.54) is 24.3 Å². The van der Waals surface area contributed by atoms with Gasteiger partial charge in [0.2, 0.25) is 0 Å². The van der Waals surface area contributed by atoms with Crippen LogP contribution in [0.5, 0.6) is 0 Å². The third-order valence-corrected chi connectivity index (χ3v) is 3.66. The van der Waals surface area contributed by atoms with Crippen LogP contribution in [0.2, 0.25) is 0 Å². The summed E-state index contributed by atoms with van der Waals surface area (Å²) in [6.45, 7) is 0.815. The van der Waals surface area contributed by atoms with Crippen molar-refractivity contribution < 1.29 is 4.79 Å². The first-order chi connectivity index (χ1) is 5.70. The van der Waals surface area contributed by atoms with E-state index in [1.54, 1.807) is 11.9 Å². The molecule has 0 aromatic rings. The van der Waals surface area contributed by atoms with Gasteiger partial charge >= 0.3 is 5.37 Å². The predicted molar refractivity (Wildman–Crippen MR) is 53.9 cm³/mol. The molecule has 1 atom stereocenters. The molecule has 1 amide bonds. The van der Waals surface area contributed by atoms with Gasteiger partial charge in [0.15, 0.2) is 0 Å². The molecule has 0 aromatic heterocycles. The van der Waals surface area contributed by atoms with E-state index in [4.69, 9.17) is 11.6 Å². The second kappa shape index (κ2) is 4.97. The van der Waals surface area contributed by atoms with Crippen LogP contribution in [0.1, 0.15) is 12.8 Å². The van der Waals surface area contributed by atoms with E-state index in [1.807, 2.05) is 11.8 Å². The normalized spacial score (nSPS) is 23.7. The molecule has 1 rings (SSSR count). The van der Waals surface area contributed by atoms with Crippen LogP contribution >= 0.6 is 23.4 Å². The van der Waals surface area contributed by atoms with Crippen LogP contribution in [0.25, 0.3) is 0 Å². The van der Waals surface area contributed by atoms with E-state index < -0.39 is 0 Å². The van der Waals surface area contributed by atoms with Crippen molar-refractivity contribution in [1.29, 1.82) is 0 Å². The van der Waals surface area contributed by atoms with Crippen molar-refractivity contribution in [2.75, 3.05) is 25.1 Å². The largest absolute Gasteiger partial charge is 0.332 e. The molecule has 1 aliphatic rings. The molecular formula is C8H14ClNOS. The lowest BCUT2D eigenvalue weighted by atomic mass is 10.1. The third kappa shape index (κ3) is 3.23. The Labute approximate surface area is 82.6 Å². The molecule has 12 heavy (non-hydrogen) atoms. The maximum absolute atomic E-state index is 10.7. The van der Waals surface area contributed by atoms with Crippen LogP contribution in [-0.2, 0) is 0 Å². The number of hydrogen-bond donors (Lipinski definition) is 0. The first-order valence-electron chi connectivity index (χ1n) is 4.18. The highest BCUT2D eigenvalue weighted by molar-refractivity contribution is 7.99. The molecule has 0 aliphatic carbocycles. The Kier molecular flexibility index (Phi) is 4.22. The van der Waals surface area contributed by atoms with Gasteiger partial charge in [0.1, 0.15) is 0 Å². The monoisotopic (exact) mass is 207 g/mol. The lowest BCUT2D eigenvalue weighted by Gasteiger charge is -2.25. The summed E-state index contributed by atoms with van der Waals surface area (Å²) in [5.41, 5.74) is 0. The third-order valence-electron chi connectivity index (χ3n) is 2.09. The summed E-state index contributed by atoms with van der Waals surface area (Å²) in [5.74, 6) is 3.10. The number of carbonyl (C=O) groups is 1. The predicted octanol–water partition coefficient (Wildman–Crippen LogP) is 2.42. The number of halogens is 1. The van der Waals surface area contributed by atoms with Crippen molar-refractivity contribution >= 4 is 28.7 Å². The molecule has 0 radical (unpaired) electrons. The zero-order chi connectivity index (χ0) is 8.97. The zero-order valence-electron chi connectivity index (χ0n) is 7.25. The molecule has 70 valence electrons. The van der Waals surface area contributed by atoms with E-state index in [-0.39, 0.29) is 5.37 Å².